The Labute approximate surface area is 208 Å². The lowest BCUT2D eigenvalue weighted by Gasteiger charge is -2.29. The average Bonchev–Trinajstić information content (AvgIpc) is 3.41. The van der Waals surface area contributed by atoms with E-state index in [9.17, 15) is 17.6 Å². The van der Waals surface area contributed by atoms with Crippen LogP contribution in [0, 0.1) is 12.7 Å². The first-order chi connectivity index (χ1) is 17.3. The molecule has 0 bridgehead atoms. The minimum absolute atomic E-state index is 0.00212. The van der Waals surface area contributed by atoms with Gasteiger partial charge in [0.25, 0.3) is 5.91 Å². The van der Waals surface area contributed by atoms with Crippen molar-refractivity contribution in [2.45, 2.75) is 32.4 Å². The van der Waals surface area contributed by atoms with E-state index in [4.69, 9.17) is 4.98 Å². The number of carbonyl (C=O) groups is 1. The fraction of sp³-hybridized carbons (Fsp3) is 0.296. The zero-order chi connectivity index (χ0) is 25.0. The lowest BCUT2D eigenvalue weighted by Crippen LogP contribution is -2.36. The lowest BCUT2D eigenvalue weighted by atomic mass is 9.98. The summed E-state index contributed by atoms with van der Waals surface area (Å²) in [4.78, 5) is 20.6. The summed E-state index contributed by atoms with van der Waals surface area (Å²) in [6.45, 7) is 2.93. The van der Waals surface area contributed by atoms with Crippen LogP contribution in [-0.2, 0) is 22.8 Å². The van der Waals surface area contributed by atoms with Gasteiger partial charge >= 0.3 is 0 Å². The standard InChI is InChI=1S/C27H25FN4O3S/c1-17-25-23(27(33)31-12-10-18-4-2-3-5-20(18)15-31)14-24(19-6-8-21(28)9-7-19)29-26(25)32(30-17)22-11-13-36(34,35)16-22/h2-9,14,22H,10-13,15-16H2,1H3. The van der Waals surface area contributed by atoms with E-state index in [0.29, 0.717) is 53.1 Å². The first-order valence-corrected chi connectivity index (χ1v) is 13.8. The molecule has 4 aromatic rings. The summed E-state index contributed by atoms with van der Waals surface area (Å²) in [5, 5.41) is 5.30. The van der Waals surface area contributed by atoms with E-state index >= 15 is 0 Å². The number of fused-ring (bicyclic) bond motifs is 2. The molecule has 36 heavy (non-hydrogen) atoms. The zero-order valence-electron chi connectivity index (χ0n) is 19.8. The summed E-state index contributed by atoms with van der Waals surface area (Å²) >= 11 is 0. The molecule has 1 amide bonds. The summed E-state index contributed by atoms with van der Waals surface area (Å²) in [5.74, 6) is -0.380. The number of hydrogen-bond acceptors (Lipinski definition) is 5. The molecular weight excluding hydrogens is 479 g/mol. The molecule has 2 aromatic heterocycles. The molecule has 0 aliphatic carbocycles. The Hall–Kier alpha value is -3.59. The molecule has 0 spiro atoms. The van der Waals surface area contributed by atoms with Crippen LogP contribution in [0.2, 0.25) is 0 Å². The van der Waals surface area contributed by atoms with E-state index in [1.165, 1.54) is 17.7 Å². The summed E-state index contributed by atoms with van der Waals surface area (Å²) < 4.78 is 39.7. The van der Waals surface area contributed by atoms with Crippen molar-refractivity contribution in [3.05, 3.63) is 82.8 Å². The van der Waals surface area contributed by atoms with Gasteiger partial charge < -0.3 is 4.90 Å². The van der Waals surface area contributed by atoms with Gasteiger partial charge in [0.05, 0.1) is 39.9 Å². The van der Waals surface area contributed by atoms with Crippen molar-refractivity contribution in [3.8, 4) is 11.3 Å². The van der Waals surface area contributed by atoms with Gasteiger partial charge in [-0.05, 0) is 61.2 Å². The van der Waals surface area contributed by atoms with E-state index in [0.717, 1.165) is 12.0 Å². The first-order valence-electron chi connectivity index (χ1n) is 12.0. The Balaban J connectivity index is 1.50. The largest absolute Gasteiger partial charge is 0.334 e. The molecule has 4 heterocycles. The molecule has 1 fully saturated rings. The summed E-state index contributed by atoms with van der Waals surface area (Å²) in [5.41, 5.74) is 5.16. The lowest BCUT2D eigenvalue weighted by molar-refractivity contribution is 0.0736. The van der Waals surface area contributed by atoms with E-state index in [1.54, 1.807) is 22.9 Å². The number of pyridine rings is 1. The van der Waals surface area contributed by atoms with Crippen LogP contribution in [0.3, 0.4) is 0 Å². The van der Waals surface area contributed by atoms with Crippen molar-refractivity contribution in [3.63, 3.8) is 0 Å². The Kier molecular flexibility index (Phi) is 5.40. The number of aryl methyl sites for hydroxylation is 1. The van der Waals surface area contributed by atoms with Gasteiger partial charge in [0.15, 0.2) is 15.5 Å². The van der Waals surface area contributed by atoms with Crippen LogP contribution in [0.5, 0.6) is 0 Å². The molecule has 9 heteroatoms. The van der Waals surface area contributed by atoms with Crippen LogP contribution >= 0.6 is 0 Å². The maximum absolute atomic E-state index is 14.0. The minimum atomic E-state index is -3.15. The smallest absolute Gasteiger partial charge is 0.255 e. The van der Waals surface area contributed by atoms with Crippen LogP contribution in [0.4, 0.5) is 4.39 Å². The topological polar surface area (TPSA) is 85.2 Å². The molecule has 0 N–H and O–H groups in total. The Morgan fingerprint density at radius 2 is 1.83 bits per heavy atom. The summed E-state index contributed by atoms with van der Waals surface area (Å²) in [6, 6.07) is 15.5. The van der Waals surface area contributed by atoms with Crippen molar-refractivity contribution in [1.82, 2.24) is 19.7 Å². The van der Waals surface area contributed by atoms with Gasteiger partial charge in [0.2, 0.25) is 0 Å². The van der Waals surface area contributed by atoms with Gasteiger partial charge in [-0.1, -0.05) is 24.3 Å². The van der Waals surface area contributed by atoms with Crippen LogP contribution in [-0.4, -0.2) is 52.0 Å². The third-order valence-corrected chi connectivity index (χ3v) is 8.93. The Morgan fingerprint density at radius 1 is 1.08 bits per heavy atom. The van der Waals surface area contributed by atoms with Crippen LogP contribution in [0.15, 0.2) is 54.6 Å². The highest BCUT2D eigenvalue weighted by Gasteiger charge is 2.33. The van der Waals surface area contributed by atoms with Crippen LogP contribution < -0.4 is 0 Å². The van der Waals surface area contributed by atoms with E-state index in [1.807, 2.05) is 30.0 Å². The molecular formula is C27H25FN4O3S. The second kappa shape index (κ2) is 8.51. The molecule has 0 radical (unpaired) electrons. The van der Waals surface area contributed by atoms with Crippen molar-refractivity contribution in [2.75, 3.05) is 18.1 Å². The minimum Gasteiger partial charge on any atom is -0.334 e. The predicted molar refractivity (Wildman–Crippen MR) is 135 cm³/mol. The third kappa shape index (κ3) is 3.97. The Morgan fingerprint density at radius 3 is 2.56 bits per heavy atom. The molecule has 7 nitrogen and oxygen atoms in total. The molecule has 2 aliphatic heterocycles. The van der Waals surface area contributed by atoms with Crippen LogP contribution in [0.25, 0.3) is 22.3 Å². The maximum atomic E-state index is 14.0. The molecule has 0 saturated carbocycles. The number of benzene rings is 2. The average molecular weight is 505 g/mol. The highest BCUT2D eigenvalue weighted by molar-refractivity contribution is 7.91. The molecule has 2 aromatic carbocycles. The van der Waals surface area contributed by atoms with Crippen LogP contribution in [0.1, 0.15) is 39.6 Å². The normalized spacial score (nSPS) is 18.9. The summed E-state index contributed by atoms with van der Waals surface area (Å²) in [6.07, 6.45) is 1.23. The number of sulfone groups is 1. The van der Waals surface area contributed by atoms with E-state index < -0.39 is 9.84 Å². The SMILES string of the molecule is Cc1nn(C2CCS(=O)(=O)C2)c2nc(-c3ccc(F)cc3)cc(C(=O)N3CCc4ccccc4C3)c12. The van der Waals surface area contributed by atoms with Crippen molar-refractivity contribution in [2.24, 2.45) is 0 Å². The molecule has 1 saturated heterocycles. The number of nitrogens with zero attached hydrogens (tertiary/aromatic N) is 4. The number of hydrogen-bond donors (Lipinski definition) is 0. The van der Waals surface area contributed by atoms with Gasteiger partial charge in [0.1, 0.15) is 5.82 Å². The van der Waals surface area contributed by atoms with Gasteiger partial charge in [-0.25, -0.2) is 22.5 Å². The monoisotopic (exact) mass is 504 g/mol. The van der Waals surface area contributed by atoms with Gasteiger partial charge in [-0.3, -0.25) is 4.79 Å². The number of carbonyl (C=O) groups excluding carboxylic acids is 1. The van der Waals surface area contributed by atoms with Crippen molar-refractivity contribution in [1.29, 1.82) is 0 Å². The number of rotatable bonds is 3. The fourth-order valence-electron chi connectivity index (χ4n) is 5.31. The Bertz CT molecular complexity index is 1610. The fourth-order valence-corrected chi connectivity index (χ4v) is 7.00. The predicted octanol–water partition coefficient (Wildman–Crippen LogP) is 4.10. The number of halogens is 1. The van der Waals surface area contributed by atoms with Crippen molar-refractivity contribution < 1.29 is 17.6 Å². The molecule has 6 rings (SSSR count). The third-order valence-electron chi connectivity index (χ3n) is 7.18. The van der Waals surface area contributed by atoms with E-state index in [2.05, 4.69) is 11.2 Å². The zero-order valence-corrected chi connectivity index (χ0v) is 20.6. The molecule has 2 aliphatic rings. The quantitative estimate of drug-likeness (QED) is 0.419. The summed E-state index contributed by atoms with van der Waals surface area (Å²) in [7, 11) is -3.15. The highest BCUT2D eigenvalue weighted by atomic mass is 32.2. The highest BCUT2D eigenvalue weighted by Crippen LogP contribution is 2.33. The number of aromatic nitrogens is 3. The van der Waals surface area contributed by atoms with Gasteiger partial charge in [0, 0.05) is 18.7 Å². The molecule has 1 atom stereocenters. The first kappa shape index (κ1) is 22.8. The molecule has 184 valence electrons. The van der Waals surface area contributed by atoms with E-state index in [-0.39, 0.29) is 29.3 Å². The second-order valence-electron chi connectivity index (χ2n) is 9.59. The molecule has 1 unspecified atom stereocenters. The van der Waals surface area contributed by atoms with Crippen molar-refractivity contribution >= 4 is 26.8 Å². The maximum Gasteiger partial charge on any atom is 0.255 e. The number of amides is 1. The van der Waals surface area contributed by atoms with Gasteiger partial charge in [-0.2, -0.15) is 5.10 Å². The van der Waals surface area contributed by atoms with Gasteiger partial charge in [-0.15, -0.1) is 0 Å². The second-order valence-corrected chi connectivity index (χ2v) is 11.8.